The van der Waals surface area contributed by atoms with Gasteiger partial charge >= 0.3 is 12.1 Å². The van der Waals surface area contributed by atoms with E-state index in [0.717, 1.165) is 0 Å². The van der Waals surface area contributed by atoms with Gasteiger partial charge in [0.25, 0.3) is 0 Å². The minimum absolute atomic E-state index is 0.229. The molecule has 0 aliphatic carbocycles. The Morgan fingerprint density at radius 3 is 2.36 bits per heavy atom. The highest BCUT2D eigenvalue weighted by atomic mass is 16.7. The number of nitriles is 1. The van der Waals surface area contributed by atoms with E-state index < -0.39 is 23.1 Å². The molecule has 0 aromatic heterocycles. The summed E-state index contributed by atoms with van der Waals surface area (Å²) in [5, 5.41) is 8.73. The van der Waals surface area contributed by atoms with Gasteiger partial charge in [-0.2, -0.15) is 5.26 Å². The fraction of sp³-hybridized carbons (Fsp3) is 0.500. The van der Waals surface area contributed by atoms with Crippen LogP contribution in [0.2, 0.25) is 0 Å². The molecule has 0 atom stereocenters. The molecule has 1 aromatic rings. The molecular weight excluding hydrogens is 324 g/mol. The van der Waals surface area contributed by atoms with E-state index in [-0.39, 0.29) is 19.9 Å². The maximum absolute atomic E-state index is 12.2. The van der Waals surface area contributed by atoms with E-state index >= 15 is 0 Å². The summed E-state index contributed by atoms with van der Waals surface area (Å²) < 4.78 is 15.7. The molecule has 134 valence electrons. The number of esters is 1. The van der Waals surface area contributed by atoms with E-state index in [1.54, 1.807) is 52.0 Å². The lowest BCUT2D eigenvalue weighted by Gasteiger charge is -2.45. The van der Waals surface area contributed by atoms with Crippen molar-refractivity contribution in [1.29, 1.82) is 5.26 Å². The van der Waals surface area contributed by atoms with Crippen LogP contribution in [0.15, 0.2) is 24.3 Å². The third kappa shape index (κ3) is 4.86. The molecule has 1 saturated heterocycles. The normalized spacial score (nSPS) is 15.6. The zero-order chi connectivity index (χ0) is 18.7. The Balaban J connectivity index is 1.76. The predicted molar refractivity (Wildman–Crippen MR) is 88.7 cm³/mol. The molecule has 0 unspecified atom stereocenters. The van der Waals surface area contributed by atoms with Crippen LogP contribution in [0.5, 0.6) is 5.75 Å². The van der Waals surface area contributed by atoms with E-state index in [9.17, 15) is 9.59 Å². The van der Waals surface area contributed by atoms with Crippen molar-refractivity contribution in [3.63, 3.8) is 0 Å². The van der Waals surface area contributed by atoms with Gasteiger partial charge in [0.1, 0.15) is 16.8 Å². The zero-order valence-electron chi connectivity index (χ0n) is 14.9. The highest BCUT2D eigenvalue weighted by Gasteiger charge is 2.49. The lowest BCUT2D eigenvalue weighted by Crippen LogP contribution is -2.61. The molecule has 1 heterocycles. The lowest BCUT2D eigenvalue weighted by molar-refractivity contribution is -0.170. The molecular formula is C18H22N2O5. The molecule has 2 rings (SSSR count). The molecule has 0 bridgehead atoms. The number of ether oxygens (including phenoxy) is 3. The van der Waals surface area contributed by atoms with E-state index in [1.165, 1.54) is 4.90 Å². The molecule has 1 aliphatic rings. The number of nitrogens with zero attached hydrogens (tertiary/aromatic N) is 2. The number of carbonyl (C=O) groups is 2. The Morgan fingerprint density at radius 1 is 1.24 bits per heavy atom. The van der Waals surface area contributed by atoms with Crippen LogP contribution in [-0.4, -0.2) is 42.4 Å². The monoisotopic (exact) mass is 346 g/mol. The first kappa shape index (κ1) is 18.6. The van der Waals surface area contributed by atoms with Crippen molar-refractivity contribution in [2.75, 3.05) is 19.9 Å². The van der Waals surface area contributed by atoms with Crippen molar-refractivity contribution in [3.05, 3.63) is 29.8 Å². The highest BCUT2D eigenvalue weighted by Crippen LogP contribution is 2.32. The van der Waals surface area contributed by atoms with Crippen molar-refractivity contribution >= 4 is 12.1 Å². The van der Waals surface area contributed by atoms with Crippen LogP contribution in [0.3, 0.4) is 0 Å². The summed E-state index contributed by atoms with van der Waals surface area (Å²) in [6.07, 6.45) is -0.438. The number of benzene rings is 1. The largest absolute Gasteiger partial charge is 0.457 e. The molecule has 1 aromatic carbocycles. The SMILES string of the molecule is CC(C)(C)OC(=O)N1CC(C)(C(=O)OCOc2ccc(C#N)cc2)C1. The fourth-order valence-electron chi connectivity index (χ4n) is 2.33. The summed E-state index contributed by atoms with van der Waals surface area (Å²) in [7, 11) is 0. The zero-order valence-corrected chi connectivity index (χ0v) is 14.9. The van der Waals surface area contributed by atoms with Crippen LogP contribution in [0.1, 0.15) is 33.3 Å². The van der Waals surface area contributed by atoms with Gasteiger partial charge in [-0.25, -0.2) is 4.79 Å². The minimum atomic E-state index is -0.759. The first-order chi connectivity index (χ1) is 11.6. The van der Waals surface area contributed by atoms with Gasteiger partial charge in [-0.1, -0.05) is 0 Å². The second-order valence-corrected chi connectivity index (χ2v) is 7.23. The molecule has 0 N–H and O–H groups in total. The first-order valence-corrected chi connectivity index (χ1v) is 7.91. The van der Waals surface area contributed by atoms with Crippen molar-refractivity contribution in [2.24, 2.45) is 5.41 Å². The van der Waals surface area contributed by atoms with Gasteiger partial charge < -0.3 is 19.1 Å². The molecule has 7 nitrogen and oxygen atoms in total. The number of rotatable bonds is 4. The Bertz CT molecular complexity index is 679. The molecule has 1 fully saturated rings. The number of carbonyl (C=O) groups excluding carboxylic acids is 2. The first-order valence-electron chi connectivity index (χ1n) is 7.91. The molecule has 1 amide bonds. The fourth-order valence-corrected chi connectivity index (χ4v) is 2.33. The third-order valence-corrected chi connectivity index (χ3v) is 3.62. The van der Waals surface area contributed by atoms with E-state index in [1.807, 2.05) is 6.07 Å². The summed E-state index contributed by atoms with van der Waals surface area (Å²) in [6.45, 7) is 7.37. The predicted octanol–water partition coefficient (Wildman–Crippen LogP) is 2.69. The van der Waals surface area contributed by atoms with Crippen LogP contribution >= 0.6 is 0 Å². The summed E-state index contributed by atoms with van der Waals surface area (Å²) in [5.41, 5.74) is -0.808. The second kappa shape index (κ2) is 7.01. The maximum Gasteiger partial charge on any atom is 0.410 e. The Hall–Kier alpha value is -2.75. The molecule has 0 saturated carbocycles. The average Bonchev–Trinajstić information content (AvgIpc) is 2.50. The smallest absolute Gasteiger partial charge is 0.410 e. The van der Waals surface area contributed by atoms with E-state index in [2.05, 4.69) is 0 Å². The quantitative estimate of drug-likeness (QED) is 0.615. The van der Waals surface area contributed by atoms with Crippen molar-refractivity contribution in [3.8, 4) is 11.8 Å². The van der Waals surface area contributed by atoms with Crippen molar-refractivity contribution in [1.82, 2.24) is 4.90 Å². The van der Waals surface area contributed by atoms with Crippen LogP contribution < -0.4 is 4.74 Å². The van der Waals surface area contributed by atoms with Crippen LogP contribution in [0.25, 0.3) is 0 Å². The number of likely N-dealkylation sites (tertiary alicyclic amines) is 1. The summed E-state index contributed by atoms with van der Waals surface area (Å²) in [6, 6.07) is 8.49. The minimum Gasteiger partial charge on any atom is -0.457 e. The molecule has 0 spiro atoms. The molecule has 0 radical (unpaired) electrons. The summed E-state index contributed by atoms with van der Waals surface area (Å²) in [5.74, 6) is 0.0712. The van der Waals surface area contributed by atoms with E-state index in [0.29, 0.717) is 11.3 Å². The molecule has 7 heteroatoms. The standard InChI is InChI=1S/C18H22N2O5/c1-17(2,3)25-16(22)20-10-18(4,11-20)15(21)24-12-23-14-7-5-13(9-19)6-8-14/h5-8H,10-12H2,1-4H3. The lowest BCUT2D eigenvalue weighted by atomic mass is 9.82. The molecule has 25 heavy (non-hydrogen) atoms. The molecule has 1 aliphatic heterocycles. The van der Waals surface area contributed by atoms with Gasteiger partial charge in [-0.05, 0) is 52.0 Å². The van der Waals surface area contributed by atoms with Gasteiger partial charge in [0, 0.05) is 13.1 Å². The topological polar surface area (TPSA) is 88.9 Å². The summed E-state index contributed by atoms with van der Waals surface area (Å²) in [4.78, 5) is 25.5. The van der Waals surface area contributed by atoms with Gasteiger partial charge in [0.05, 0.1) is 11.6 Å². The van der Waals surface area contributed by atoms with Gasteiger partial charge in [-0.3, -0.25) is 4.79 Å². The highest BCUT2D eigenvalue weighted by molar-refractivity contribution is 5.81. The van der Waals surface area contributed by atoms with Crippen molar-refractivity contribution < 1.29 is 23.8 Å². The van der Waals surface area contributed by atoms with Gasteiger partial charge in [0.15, 0.2) is 0 Å². The number of hydrogen-bond donors (Lipinski definition) is 0. The average molecular weight is 346 g/mol. The van der Waals surface area contributed by atoms with E-state index in [4.69, 9.17) is 19.5 Å². The Labute approximate surface area is 147 Å². The van der Waals surface area contributed by atoms with Crippen LogP contribution in [0, 0.1) is 16.7 Å². The Morgan fingerprint density at radius 2 is 1.84 bits per heavy atom. The van der Waals surface area contributed by atoms with Gasteiger partial charge in [0.2, 0.25) is 6.79 Å². The van der Waals surface area contributed by atoms with Crippen LogP contribution in [0.4, 0.5) is 4.79 Å². The van der Waals surface area contributed by atoms with Crippen LogP contribution in [-0.2, 0) is 14.3 Å². The number of amides is 1. The van der Waals surface area contributed by atoms with Crippen molar-refractivity contribution in [2.45, 2.75) is 33.3 Å². The number of hydrogen-bond acceptors (Lipinski definition) is 6. The van der Waals surface area contributed by atoms with Gasteiger partial charge in [-0.15, -0.1) is 0 Å². The maximum atomic E-state index is 12.2. The Kier molecular flexibility index (Phi) is 5.21. The third-order valence-electron chi connectivity index (χ3n) is 3.62. The second-order valence-electron chi connectivity index (χ2n) is 7.23. The summed E-state index contributed by atoms with van der Waals surface area (Å²) >= 11 is 0.